The monoisotopic (exact) mass is 282 g/mol. The van der Waals surface area contributed by atoms with E-state index in [-0.39, 0.29) is 0 Å². The molecule has 0 aliphatic carbocycles. The Morgan fingerprint density at radius 2 is 1.79 bits per heavy atom. The van der Waals surface area contributed by atoms with Crippen molar-refractivity contribution in [3.63, 3.8) is 0 Å². The molecule has 0 amide bonds. The van der Waals surface area contributed by atoms with Crippen molar-refractivity contribution < 1.29 is 0 Å². The molecule has 1 aromatic heterocycles. The van der Waals surface area contributed by atoms with Crippen LogP contribution in [-0.4, -0.2) is 34.6 Å². The van der Waals surface area contributed by atoms with Gasteiger partial charge in [-0.1, -0.05) is 20.8 Å². The minimum Gasteiger partial charge on any atom is -0.370 e. The first-order valence-electron chi connectivity index (χ1n) is 7.08. The number of aromatic nitrogens is 2. The molecule has 0 radical (unpaired) electrons. The molecule has 1 rings (SSSR count). The van der Waals surface area contributed by atoms with Crippen molar-refractivity contribution in [3.8, 4) is 0 Å². The summed E-state index contributed by atoms with van der Waals surface area (Å²) < 4.78 is 0. The van der Waals surface area contributed by atoms with Gasteiger partial charge in [0.25, 0.3) is 0 Å². The Labute approximate surface area is 121 Å². The summed E-state index contributed by atoms with van der Waals surface area (Å²) in [7, 11) is 0. The van der Waals surface area contributed by atoms with Crippen LogP contribution in [-0.2, 0) is 6.42 Å². The predicted octanol–water partition coefficient (Wildman–Crippen LogP) is 3.41. The van der Waals surface area contributed by atoms with Gasteiger partial charge in [0.2, 0.25) is 0 Å². The van der Waals surface area contributed by atoms with Crippen LogP contribution < -0.4 is 10.6 Å². The van der Waals surface area contributed by atoms with Gasteiger partial charge in [-0.2, -0.15) is 11.8 Å². The van der Waals surface area contributed by atoms with Gasteiger partial charge in [0.05, 0.1) is 0 Å². The zero-order valence-electron chi connectivity index (χ0n) is 12.5. The Bertz CT molecular complexity index is 370. The first-order chi connectivity index (χ1) is 9.19. The number of aryl methyl sites for hydroxylation is 1. The van der Waals surface area contributed by atoms with Crippen molar-refractivity contribution in [1.82, 2.24) is 9.97 Å². The van der Waals surface area contributed by atoms with E-state index in [1.54, 1.807) is 0 Å². The lowest BCUT2D eigenvalue weighted by molar-refractivity contribution is 0.843. The molecule has 0 bridgehead atoms. The van der Waals surface area contributed by atoms with Gasteiger partial charge in [0.15, 0.2) is 0 Å². The molecule has 0 fully saturated rings. The highest BCUT2D eigenvalue weighted by molar-refractivity contribution is 7.99. The summed E-state index contributed by atoms with van der Waals surface area (Å²) in [6, 6.07) is 2.00. The summed E-state index contributed by atoms with van der Waals surface area (Å²) in [5.41, 5.74) is 0. The second kappa shape index (κ2) is 9.02. The van der Waals surface area contributed by atoms with Crippen LogP contribution in [0.5, 0.6) is 0 Å². The van der Waals surface area contributed by atoms with Crippen molar-refractivity contribution in [2.24, 2.45) is 0 Å². The lowest BCUT2D eigenvalue weighted by atomic mass is 10.3. The summed E-state index contributed by atoms with van der Waals surface area (Å²) in [4.78, 5) is 9.00. The fraction of sp³-hybridized carbons (Fsp3) is 0.714. The highest BCUT2D eigenvalue weighted by Crippen LogP contribution is 2.14. The van der Waals surface area contributed by atoms with Gasteiger partial charge in [-0.15, -0.1) is 0 Å². The molecule has 0 spiro atoms. The summed E-state index contributed by atoms with van der Waals surface area (Å²) in [5, 5.41) is 7.40. The molecule has 1 heterocycles. The molecule has 5 heteroatoms. The SMILES string of the molecule is CCCNc1cc(NCCC(C)SC)nc(CC)n1. The summed E-state index contributed by atoms with van der Waals surface area (Å²) in [6.45, 7) is 8.38. The maximum Gasteiger partial charge on any atom is 0.132 e. The molecule has 0 aliphatic heterocycles. The largest absolute Gasteiger partial charge is 0.370 e. The van der Waals surface area contributed by atoms with Gasteiger partial charge in [-0.25, -0.2) is 9.97 Å². The second-order valence-corrected chi connectivity index (χ2v) is 5.87. The van der Waals surface area contributed by atoms with Crippen molar-refractivity contribution in [2.45, 2.75) is 45.3 Å². The van der Waals surface area contributed by atoms with E-state index < -0.39 is 0 Å². The van der Waals surface area contributed by atoms with Crippen LogP contribution in [0.1, 0.15) is 39.4 Å². The van der Waals surface area contributed by atoms with Crippen LogP contribution in [0.4, 0.5) is 11.6 Å². The average molecular weight is 282 g/mol. The van der Waals surface area contributed by atoms with Gasteiger partial charge < -0.3 is 10.6 Å². The van der Waals surface area contributed by atoms with Crippen LogP contribution in [0.3, 0.4) is 0 Å². The molecule has 2 N–H and O–H groups in total. The van der Waals surface area contributed by atoms with E-state index >= 15 is 0 Å². The molecule has 0 aliphatic rings. The first kappa shape index (κ1) is 16.1. The van der Waals surface area contributed by atoms with Crippen molar-refractivity contribution in [3.05, 3.63) is 11.9 Å². The second-order valence-electron chi connectivity index (χ2n) is 4.60. The van der Waals surface area contributed by atoms with Gasteiger partial charge in [0, 0.05) is 30.8 Å². The minimum atomic E-state index is 0.678. The molecule has 4 nitrogen and oxygen atoms in total. The molecule has 0 saturated carbocycles. The third-order valence-electron chi connectivity index (χ3n) is 2.90. The lowest BCUT2D eigenvalue weighted by Gasteiger charge is -2.12. The molecule has 19 heavy (non-hydrogen) atoms. The Balaban J connectivity index is 2.60. The highest BCUT2D eigenvalue weighted by atomic mass is 32.2. The third-order valence-corrected chi connectivity index (χ3v) is 3.94. The van der Waals surface area contributed by atoms with Crippen LogP contribution in [0.15, 0.2) is 6.07 Å². The summed E-state index contributed by atoms with van der Waals surface area (Å²) >= 11 is 1.90. The van der Waals surface area contributed by atoms with Gasteiger partial charge >= 0.3 is 0 Å². The molecule has 0 aromatic carbocycles. The molecule has 1 atom stereocenters. The fourth-order valence-corrected chi connectivity index (χ4v) is 1.96. The maximum absolute atomic E-state index is 4.51. The van der Waals surface area contributed by atoms with Gasteiger partial charge in [0.1, 0.15) is 17.5 Å². The van der Waals surface area contributed by atoms with Crippen molar-refractivity contribution in [2.75, 3.05) is 30.0 Å². The van der Waals surface area contributed by atoms with E-state index in [4.69, 9.17) is 0 Å². The highest BCUT2D eigenvalue weighted by Gasteiger charge is 2.04. The predicted molar refractivity (Wildman–Crippen MR) is 86.3 cm³/mol. The van der Waals surface area contributed by atoms with Crippen molar-refractivity contribution in [1.29, 1.82) is 0 Å². The number of hydrogen-bond donors (Lipinski definition) is 2. The maximum atomic E-state index is 4.51. The number of nitrogens with one attached hydrogen (secondary N) is 2. The Morgan fingerprint density at radius 1 is 1.16 bits per heavy atom. The zero-order valence-corrected chi connectivity index (χ0v) is 13.3. The Kier molecular flexibility index (Phi) is 7.63. The Morgan fingerprint density at radius 3 is 2.32 bits per heavy atom. The number of thioether (sulfide) groups is 1. The molecule has 0 saturated heterocycles. The molecule has 108 valence electrons. The zero-order chi connectivity index (χ0) is 14.1. The summed E-state index contributed by atoms with van der Waals surface area (Å²) in [5.74, 6) is 2.74. The third kappa shape index (κ3) is 6.14. The van der Waals surface area contributed by atoms with E-state index in [1.165, 1.54) is 0 Å². The van der Waals surface area contributed by atoms with Crippen LogP contribution in [0.25, 0.3) is 0 Å². The number of nitrogens with zero attached hydrogens (tertiary/aromatic N) is 2. The fourth-order valence-electron chi connectivity index (χ4n) is 1.61. The van der Waals surface area contributed by atoms with Crippen LogP contribution in [0.2, 0.25) is 0 Å². The molecular weight excluding hydrogens is 256 g/mol. The van der Waals surface area contributed by atoms with Gasteiger partial charge in [-0.05, 0) is 19.1 Å². The van der Waals surface area contributed by atoms with Crippen LogP contribution >= 0.6 is 11.8 Å². The minimum absolute atomic E-state index is 0.678. The smallest absolute Gasteiger partial charge is 0.132 e. The summed E-state index contributed by atoms with van der Waals surface area (Å²) in [6.07, 6.45) is 5.25. The number of hydrogen-bond acceptors (Lipinski definition) is 5. The van der Waals surface area contributed by atoms with Crippen LogP contribution in [0, 0.1) is 0 Å². The lowest BCUT2D eigenvalue weighted by Crippen LogP contribution is -2.11. The first-order valence-corrected chi connectivity index (χ1v) is 8.36. The molecular formula is C14H26N4S. The van der Waals surface area contributed by atoms with E-state index in [1.807, 2.05) is 17.8 Å². The average Bonchev–Trinajstić information content (AvgIpc) is 2.44. The molecule has 1 unspecified atom stereocenters. The standard InChI is InChI=1S/C14H26N4S/c1-5-8-15-13-10-14(18-12(6-2)17-13)16-9-7-11(3)19-4/h10-11H,5-9H2,1-4H3,(H2,15,16,17,18). The van der Waals surface area contributed by atoms with E-state index in [9.17, 15) is 0 Å². The van der Waals surface area contributed by atoms with E-state index in [0.29, 0.717) is 5.25 Å². The Hall–Kier alpha value is -0.970. The quantitative estimate of drug-likeness (QED) is 0.727. The van der Waals surface area contributed by atoms with E-state index in [0.717, 1.165) is 49.8 Å². The van der Waals surface area contributed by atoms with E-state index in [2.05, 4.69) is 47.6 Å². The number of rotatable bonds is 9. The van der Waals surface area contributed by atoms with Gasteiger partial charge in [-0.3, -0.25) is 0 Å². The topological polar surface area (TPSA) is 49.8 Å². The molecule has 1 aromatic rings. The number of anilines is 2. The normalized spacial score (nSPS) is 12.2. The van der Waals surface area contributed by atoms with Crippen molar-refractivity contribution >= 4 is 23.4 Å².